The maximum absolute atomic E-state index is 12.5. The Morgan fingerprint density at radius 3 is 2.48 bits per heavy atom. The summed E-state index contributed by atoms with van der Waals surface area (Å²) in [5.41, 5.74) is 2.24. The summed E-state index contributed by atoms with van der Waals surface area (Å²) in [6.07, 6.45) is 0. The number of halogens is 2. The van der Waals surface area contributed by atoms with Crippen LogP contribution in [-0.4, -0.2) is 54.7 Å². The molecule has 27 heavy (non-hydrogen) atoms. The fourth-order valence-corrected chi connectivity index (χ4v) is 4.56. The monoisotopic (exact) mass is 411 g/mol. The van der Waals surface area contributed by atoms with E-state index in [4.69, 9.17) is 0 Å². The molecule has 2 heterocycles. The van der Waals surface area contributed by atoms with Gasteiger partial charge in [0.25, 0.3) is 11.7 Å². The Hall–Kier alpha value is -1.48. The highest BCUT2D eigenvalue weighted by Crippen LogP contribution is 2.31. The first-order chi connectivity index (χ1) is 13.0. The number of hydrogen-bond acceptors (Lipinski definition) is 5. The average Bonchev–Trinajstić information content (AvgIpc) is 3.10. The molecular formula is C19H23F2N3OS2. The number of amides is 1. The number of thioether (sulfide) groups is 1. The van der Waals surface area contributed by atoms with Crippen LogP contribution in [0.1, 0.15) is 20.8 Å². The molecular weight excluding hydrogens is 388 g/mol. The van der Waals surface area contributed by atoms with Gasteiger partial charge in [-0.3, -0.25) is 9.69 Å². The first kappa shape index (κ1) is 20.3. The van der Waals surface area contributed by atoms with Crippen molar-refractivity contribution >= 4 is 29.0 Å². The predicted molar refractivity (Wildman–Crippen MR) is 107 cm³/mol. The number of likely N-dealkylation sites (N-methyl/N-ethyl adjacent to an activating group) is 1. The Kier molecular flexibility index (Phi) is 7.23. The van der Waals surface area contributed by atoms with Crippen LogP contribution in [0.4, 0.5) is 8.78 Å². The predicted octanol–water partition coefficient (Wildman–Crippen LogP) is 3.74. The lowest BCUT2D eigenvalue weighted by atomic mass is 10.1. The van der Waals surface area contributed by atoms with E-state index in [0.29, 0.717) is 28.1 Å². The number of carbonyl (C=O) groups excluding carboxylic acids is 1. The van der Waals surface area contributed by atoms with Gasteiger partial charge in [0.15, 0.2) is 0 Å². The summed E-state index contributed by atoms with van der Waals surface area (Å²) < 4.78 is 25.1. The Labute approximate surface area is 166 Å². The van der Waals surface area contributed by atoms with Gasteiger partial charge in [0.05, 0.1) is 0 Å². The lowest BCUT2D eigenvalue weighted by Crippen LogP contribution is -2.43. The van der Waals surface area contributed by atoms with E-state index in [-0.39, 0.29) is 5.91 Å². The Morgan fingerprint density at radius 1 is 1.15 bits per heavy atom. The van der Waals surface area contributed by atoms with Crippen molar-refractivity contribution in [1.82, 2.24) is 15.1 Å². The lowest BCUT2D eigenvalue weighted by molar-refractivity contribution is 0.0952. The molecule has 146 valence electrons. The molecule has 0 spiro atoms. The van der Waals surface area contributed by atoms with E-state index in [0.717, 1.165) is 38.3 Å². The van der Waals surface area contributed by atoms with Gasteiger partial charge in [0.1, 0.15) is 4.88 Å². The average molecular weight is 412 g/mol. The quantitative estimate of drug-likeness (QED) is 0.704. The molecule has 8 heteroatoms. The number of benzene rings is 1. The van der Waals surface area contributed by atoms with Crippen LogP contribution in [0.5, 0.6) is 0 Å². The second-order valence-electron chi connectivity index (χ2n) is 6.57. The number of piperazine rings is 1. The van der Waals surface area contributed by atoms with E-state index in [1.807, 2.05) is 12.1 Å². The van der Waals surface area contributed by atoms with Crippen molar-refractivity contribution in [3.63, 3.8) is 0 Å². The molecule has 0 radical (unpaired) electrons. The fourth-order valence-electron chi connectivity index (χ4n) is 2.94. The summed E-state index contributed by atoms with van der Waals surface area (Å²) in [6, 6.07) is 9.75. The zero-order chi connectivity index (χ0) is 19.2. The van der Waals surface area contributed by atoms with Gasteiger partial charge in [-0.1, -0.05) is 36.0 Å². The molecule has 3 rings (SSSR count). The third kappa shape index (κ3) is 6.00. The highest BCUT2D eigenvalue weighted by molar-refractivity contribution is 7.99. The zero-order valence-electron chi connectivity index (χ0n) is 15.2. The van der Waals surface area contributed by atoms with E-state index in [1.165, 1.54) is 16.9 Å². The first-order valence-corrected chi connectivity index (χ1v) is 10.6. The van der Waals surface area contributed by atoms with E-state index < -0.39 is 5.76 Å². The minimum absolute atomic E-state index is 0.310. The molecule has 0 saturated carbocycles. The van der Waals surface area contributed by atoms with Crippen molar-refractivity contribution in [3.05, 3.63) is 51.7 Å². The molecule has 1 fully saturated rings. The van der Waals surface area contributed by atoms with Crippen LogP contribution in [0.3, 0.4) is 0 Å². The van der Waals surface area contributed by atoms with Gasteiger partial charge >= 0.3 is 0 Å². The van der Waals surface area contributed by atoms with Gasteiger partial charge in [-0.05, 0) is 29.6 Å². The number of carbonyl (C=O) groups is 1. The van der Waals surface area contributed by atoms with Crippen LogP contribution in [0.15, 0.2) is 40.6 Å². The number of alkyl halides is 2. The summed E-state index contributed by atoms with van der Waals surface area (Å²) in [6.45, 7) is 5.66. The molecule has 2 aromatic rings. The van der Waals surface area contributed by atoms with Gasteiger partial charge in [0.2, 0.25) is 0 Å². The molecule has 1 aromatic carbocycles. The second-order valence-corrected chi connectivity index (χ2v) is 8.52. The van der Waals surface area contributed by atoms with Crippen LogP contribution in [-0.2, 0) is 13.1 Å². The molecule has 1 aromatic heterocycles. The highest BCUT2D eigenvalue weighted by Gasteiger charge is 2.17. The Balaban J connectivity index is 1.50. The van der Waals surface area contributed by atoms with Crippen molar-refractivity contribution in [2.75, 3.05) is 33.2 Å². The number of rotatable bonds is 7. The summed E-state index contributed by atoms with van der Waals surface area (Å²) in [7, 11) is 2.14. The summed E-state index contributed by atoms with van der Waals surface area (Å²) >= 11 is 1.59. The number of hydrogen-bond donors (Lipinski definition) is 1. The fraction of sp³-hybridized carbons (Fsp3) is 0.421. The van der Waals surface area contributed by atoms with E-state index in [1.54, 1.807) is 11.4 Å². The van der Waals surface area contributed by atoms with Crippen molar-refractivity contribution in [2.45, 2.75) is 23.7 Å². The van der Waals surface area contributed by atoms with Gasteiger partial charge < -0.3 is 10.2 Å². The molecule has 0 unspecified atom stereocenters. The third-order valence-electron chi connectivity index (χ3n) is 4.53. The summed E-state index contributed by atoms with van der Waals surface area (Å²) in [4.78, 5) is 17.7. The largest absolute Gasteiger partial charge is 0.347 e. The van der Waals surface area contributed by atoms with Crippen molar-refractivity contribution in [2.24, 2.45) is 0 Å². The van der Waals surface area contributed by atoms with Crippen LogP contribution < -0.4 is 5.32 Å². The SMILES string of the molecule is CN1CCN(Cc2ccc(CNC(=O)c3sccc3SC(F)F)cc2)CC1. The minimum Gasteiger partial charge on any atom is -0.347 e. The van der Waals surface area contributed by atoms with Crippen molar-refractivity contribution in [1.29, 1.82) is 0 Å². The maximum Gasteiger partial charge on any atom is 0.288 e. The minimum atomic E-state index is -2.53. The van der Waals surface area contributed by atoms with E-state index >= 15 is 0 Å². The van der Waals surface area contributed by atoms with E-state index in [2.05, 4.69) is 34.3 Å². The summed E-state index contributed by atoms with van der Waals surface area (Å²) in [5.74, 6) is -2.84. The third-order valence-corrected chi connectivity index (χ3v) is 6.34. The van der Waals surface area contributed by atoms with Gasteiger partial charge in [-0.25, -0.2) is 0 Å². The molecule has 0 atom stereocenters. The number of nitrogens with zero attached hydrogens (tertiary/aromatic N) is 2. The first-order valence-electron chi connectivity index (χ1n) is 8.80. The van der Waals surface area contributed by atoms with Crippen LogP contribution in [0, 0.1) is 0 Å². The van der Waals surface area contributed by atoms with E-state index in [9.17, 15) is 13.6 Å². The van der Waals surface area contributed by atoms with Crippen LogP contribution >= 0.6 is 23.1 Å². The smallest absolute Gasteiger partial charge is 0.288 e. The van der Waals surface area contributed by atoms with Gasteiger partial charge in [-0.15, -0.1) is 11.3 Å². The topological polar surface area (TPSA) is 35.6 Å². The molecule has 0 bridgehead atoms. The molecule has 4 nitrogen and oxygen atoms in total. The molecule has 1 N–H and O–H groups in total. The Morgan fingerprint density at radius 2 is 1.81 bits per heavy atom. The van der Waals surface area contributed by atoms with Crippen LogP contribution in [0.25, 0.3) is 0 Å². The van der Waals surface area contributed by atoms with Crippen LogP contribution in [0.2, 0.25) is 0 Å². The Bertz CT molecular complexity index is 744. The highest BCUT2D eigenvalue weighted by atomic mass is 32.2. The molecule has 1 saturated heterocycles. The molecule has 1 aliphatic heterocycles. The van der Waals surface area contributed by atoms with Crippen molar-refractivity contribution < 1.29 is 13.6 Å². The normalized spacial score (nSPS) is 16.0. The standard InChI is InChI=1S/C19H23F2N3OS2/c1-23-7-9-24(10-8-23)13-15-4-2-14(3-5-15)12-22-18(25)17-16(6-11-26-17)27-19(20)21/h2-6,11,19H,7-10,12-13H2,1H3,(H,22,25). The molecule has 1 amide bonds. The van der Waals surface area contributed by atoms with Crippen molar-refractivity contribution in [3.8, 4) is 0 Å². The maximum atomic E-state index is 12.5. The zero-order valence-corrected chi connectivity index (χ0v) is 16.8. The second kappa shape index (κ2) is 9.64. The number of thiophene rings is 1. The molecule has 0 aliphatic carbocycles. The molecule has 1 aliphatic rings. The lowest BCUT2D eigenvalue weighted by Gasteiger charge is -2.32. The van der Waals surface area contributed by atoms with Gasteiger partial charge in [0, 0.05) is 44.2 Å². The number of nitrogens with one attached hydrogen (secondary N) is 1. The summed E-state index contributed by atoms with van der Waals surface area (Å²) in [5, 5.41) is 4.48. The van der Waals surface area contributed by atoms with Gasteiger partial charge in [-0.2, -0.15) is 8.78 Å².